The van der Waals surface area contributed by atoms with Crippen LogP contribution in [0.2, 0.25) is 0 Å². The lowest BCUT2D eigenvalue weighted by Gasteiger charge is -2.19. The summed E-state index contributed by atoms with van der Waals surface area (Å²) in [7, 11) is 1.59. The molecule has 4 rings (SSSR count). The molecule has 1 heterocycles. The molecule has 6 heteroatoms. The number of benzene rings is 3. The van der Waals surface area contributed by atoms with E-state index in [9.17, 15) is 9.59 Å². The highest BCUT2D eigenvalue weighted by molar-refractivity contribution is 5.98. The Balaban J connectivity index is 1.53. The number of hydrogen-bond acceptors (Lipinski definition) is 3. The molecule has 162 valence electrons. The first kappa shape index (κ1) is 21.2. The smallest absolute Gasteiger partial charge is 0.251 e. The third kappa shape index (κ3) is 4.81. The van der Waals surface area contributed by atoms with E-state index in [0.29, 0.717) is 17.0 Å². The van der Waals surface area contributed by atoms with E-state index >= 15 is 0 Å². The van der Waals surface area contributed by atoms with Crippen molar-refractivity contribution in [2.24, 2.45) is 0 Å². The van der Waals surface area contributed by atoms with Gasteiger partial charge in [0.1, 0.15) is 11.8 Å². The van der Waals surface area contributed by atoms with Gasteiger partial charge in [-0.1, -0.05) is 48.0 Å². The lowest BCUT2D eigenvalue weighted by atomic mass is 10.0. The van der Waals surface area contributed by atoms with Gasteiger partial charge in [-0.25, -0.2) is 0 Å². The van der Waals surface area contributed by atoms with Gasteiger partial charge < -0.3 is 20.4 Å². The van der Waals surface area contributed by atoms with Crippen molar-refractivity contribution in [1.82, 2.24) is 10.3 Å². The average Bonchev–Trinajstić information content (AvgIpc) is 3.21. The second kappa shape index (κ2) is 9.39. The number of H-pyrrole nitrogens is 1. The molecule has 6 nitrogen and oxygen atoms in total. The number of para-hydroxylation sites is 1. The van der Waals surface area contributed by atoms with Crippen LogP contribution in [0.1, 0.15) is 22.7 Å². The summed E-state index contributed by atoms with van der Waals surface area (Å²) < 4.78 is 5.16. The summed E-state index contributed by atoms with van der Waals surface area (Å²) in [5.74, 6) is 0.154. The van der Waals surface area contributed by atoms with Crippen LogP contribution < -0.4 is 15.4 Å². The van der Waals surface area contributed by atoms with Crippen LogP contribution in [-0.4, -0.2) is 23.9 Å². The lowest BCUT2D eigenvalue weighted by molar-refractivity contribution is -0.126. The van der Waals surface area contributed by atoms with Gasteiger partial charge in [-0.3, -0.25) is 9.59 Å². The highest BCUT2D eigenvalue weighted by atomic mass is 16.5. The van der Waals surface area contributed by atoms with Crippen LogP contribution >= 0.6 is 0 Å². The number of nitrogens with one attached hydrogen (secondary N) is 3. The molecule has 3 aromatic carbocycles. The second-order valence-electron chi connectivity index (χ2n) is 7.67. The van der Waals surface area contributed by atoms with Crippen molar-refractivity contribution in [3.63, 3.8) is 0 Å². The van der Waals surface area contributed by atoms with E-state index in [1.54, 1.807) is 31.4 Å². The molecule has 0 saturated carbocycles. The number of rotatable bonds is 7. The molecule has 1 atom stereocenters. The van der Waals surface area contributed by atoms with Crippen LogP contribution in [0.3, 0.4) is 0 Å². The first-order chi connectivity index (χ1) is 15.5. The van der Waals surface area contributed by atoms with Crippen molar-refractivity contribution >= 4 is 28.4 Å². The van der Waals surface area contributed by atoms with Crippen molar-refractivity contribution < 1.29 is 14.3 Å². The molecule has 0 bridgehead atoms. The molecule has 0 aliphatic heterocycles. The van der Waals surface area contributed by atoms with Crippen LogP contribution in [0.5, 0.6) is 5.75 Å². The van der Waals surface area contributed by atoms with E-state index in [2.05, 4.69) is 15.6 Å². The minimum absolute atomic E-state index is 0.169. The predicted molar refractivity (Wildman–Crippen MR) is 126 cm³/mol. The van der Waals surface area contributed by atoms with Gasteiger partial charge in [0.2, 0.25) is 5.91 Å². The van der Waals surface area contributed by atoms with E-state index < -0.39 is 6.04 Å². The van der Waals surface area contributed by atoms with E-state index in [-0.39, 0.29) is 18.2 Å². The number of carbonyl (C=O) groups excluding carboxylic acids is 2. The van der Waals surface area contributed by atoms with Gasteiger partial charge in [-0.15, -0.1) is 0 Å². The maximum absolute atomic E-state index is 13.1. The summed E-state index contributed by atoms with van der Waals surface area (Å²) in [6, 6.07) is 21.6. The predicted octanol–water partition coefficient (Wildman–Crippen LogP) is 4.52. The van der Waals surface area contributed by atoms with Gasteiger partial charge in [-0.05, 0) is 48.4 Å². The molecular formula is C26H25N3O3. The van der Waals surface area contributed by atoms with Crippen molar-refractivity contribution in [3.05, 3.63) is 95.7 Å². The molecule has 0 radical (unpaired) electrons. The van der Waals surface area contributed by atoms with Gasteiger partial charge in [0.15, 0.2) is 0 Å². The Labute approximate surface area is 186 Å². The zero-order valence-corrected chi connectivity index (χ0v) is 18.0. The Morgan fingerprint density at radius 2 is 1.69 bits per heavy atom. The second-order valence-corrected chi connectivity index (χ2v) is 7.67. The Morgan fingerprint density at radius 3 is 2.41 bits per heavy atom. The van der Waals surface area contributed by atoms with Gasteiger partial charge in [0, 0.05) is 22.8 Å². The van der Waals surface area contributed by atoms with Crippen LogP contribution in [0, 0.1) is 6.92 Å². The molecule has 0 unspecified atom stereocenters. The third-order valence-corrected chi connectivity index (χ3v) is 5.36. The topological polar surface area (TPSA) is 83.2 Å². The average molecular weight is 428 g/mol. The third-order valence-electron chi connectivity index (χ3n) is 5.36. The van der Waals surface area contributed by atoms with Crippen LogP contribution in [0.15, 0.2) is 79.0 Å². The minimum atomic E-state index is -0.824. The molecule has 2 amide bonds. The minimum Gasteiger partial charge on any atom is -0.497 e. The number of methoxy groups -OCH3 is 1. The highest BCUT2D eigenvalue weighted by Gasteiger charge is 2.23. The summed E-state index contributed by atoms with van der Waals surface area (Å²) in [5, 5.41) is 6.79. The highest BCUT2D eigenvalue weighted by Crippen LogP contribution is 2.21. The quantitative estimate of drug-likeness (QED) is 0.405. The van der Waals surface area contributed by atoms with Crippen molar-refractivity contribution in [1.29, 1.82) is 0 Å². The summed E-state index contributed by atoms with van der Waals surface area (Å²) in [6.07, 6.45) is 2.00. The summed E-state index contributed by atoms with van der Waals surface area (Å²) in [5.41, 5.74) is 4.28. The maximum atomic E-state index is 13.1. The molecule has 4 aromatic rings. The number of anilines is 1. The Morgan fingerprint density at radius 1 is 0.969 bits per heavy atom. The number of hydrogen-bond donors (Lipinski definition) is 3. The number of fused-ring (bicyclic) bond motifs is 1. The number of ether oxygens (including phenoxy) is 1. The van der Waals surface area contributed by atoms with Gasteiger partial charge in [0.05, 0.1) is 13.5 Å². The van der Waals surface area contributed by atoms with E-state index in [0.717, 1.165) is 22.0 Å². The molecule has 0 fully saturated rings. The monoisotopic (exact) mass is 427 g/mol. The van der Waals surface area contributed by atoms with Crippen molar-refractivity contribution in [2.45, 2.75) is 19.4 Å². The fraction of sp³-hybridized carbons (Fsp3) is 0.154. The lowest BCUT2D eigenvalue weighted by Crippen LogP contribution is -2.37. The van der Waals surface area contributed by atoms with Crippen LogP contribution in [0.25, 0.3) is 10.9 Å². The fourth-order valence-corrected chi connectivity index (χ4v) is 3.61. The summed E-state index contributed by atoms with van der Waals surface area (Å²) in [6.45, 7) is 1.98. The van der Waals surface area contributed by atoms with Crippen molar-refractivity contribution in [3.8, 4) is 5.75 Å². The van der Waals surface area contributed by atoms with Crippen LogP contribution in [-0.2, 0) is 16.0 Å². The number of carbonyl (C=O) groups is 2. The standard InChI is InChI=1S/C26H25N3O3/c1-17-7-9-18(10-8-17)25(26(31)28-20-11-13-21(32-2)14-12-20)29-24(30)15-19-16-27-23-6-4-3-5-22(19)23/h3-14,16,25,27H,15H2,1-2H3,(H,28,31)(H,29,30)/t25-/m0/s1. The van der Waals surface area contributed by atoms with Gasteiger partial charge in [-0.2, -0.15) is 0 Å². The molecule has 32 heavy (non-hydrogen) atoms. The largest absolute Gasteiger partial charge is 0.497 e. The SMILES string of the molecule is COc1ccc(NC(=O)[C@@H](NC(=O)Cc2c[nH]c3ccccc23)c2ccc(C)cc2)cc1. The summed E-state index contributed by atoms with van der Waals surface area (Å²) >= 11 is 0. The Kier molecular flexibility index (Phi) is 6.22. The maximum Gasteiger partial charge on any atom is 0.251 e. The normalized spacial score (nSPS) is 11.7. The molecule has 0 aliphatic rings. The number of amides is 2. The molecule has 0 spiro atoms. The molecule has 3 N–H and O–H groups in total. The van der Waals surface area contributed by atoms with E-state index in [1.807, 2.05) is 61.7 Å². The number of aromatic amines is 1. The first-order valence-corrected chi connectivity index (χ1v) is 10.4. The molecule has 0 aliphatic carbocycles. The zero-order valence-electron chi connectivity index (χ0n) is 18.0. The van der Waals surface area contributed by atoms with E-state index in [4.69, 9.17) is 4.74 Å². The fourth-order valence-electron chi connectivity index (χ4n) is 3.61. The first-order valence-electron chi connectivity index (χ1n) is 10.4. The summed E-state index contributed by atoms with van der Waals surface area (Å²) in [4.78, 5) is 29.2. The molecular weight excluding hydrogens is 402 g/mol. The zero-order chi connectivity index (χ0) is 22.5. The number of aromatic nitrogens is 1. The van der Waals surface area contributed by atoms with Gasteiger partial charge >= 0.3 is 0 Å². The molecule has 1 aromatic heterocycles. The van der Waals surface area contributed by atoms with Crippen LogP contribution in [0.4, 0.5) is 5.69 Å². The Hall–Kier alpha value is -4.06. The molecule has 0 saturated heterocycles. The van der Waals surface area contributed by atoms with Crippen molar-refractivity contribution in [2.75, 3.05) is 12.4 Å². The van der Waals surface area contributed by atoms with Gasteiger partial charge in [0.25, 0.3) is 5.91 Å². The van der Waals surface area contributed by atoms with E-state index in [1.165, 1.54) is 0 Å². The Bertz CT molecular complexity index is 1230. The number of aryl methyl sites for hydroxylation is 1.